The Morgan fingerprint density at radius 2 is 1.40 bits per heavy atom. The third-order valence-corrected chi connectivity index (χ3v) is 5.31. The van der Waals surface area contributed by atoms with Crippen molar-refractivity contribution in [1.29, 1.82) is 0 Å². The summed E-state index contributed by atoms with van der Waals surface area (Å²) in [5.74, 6) is -0.456. The number of hydrogen-bond donors (Lipinski definition) is 4. The van der Waals surface area contributed by atoms with Crippen molar-refractivity contribution in [1.82, 2.24) is 5.32 Å². The van der Waals surface area contributed by atoms with Gasteiger partial charge in [0.15, 0.2) is 0 Å². The van der Waals surface area contributed by atoms with Crippen molar-refractivity contribution < 1.29 is 14.4 Å². The second-order valence-corrected chi connectivity index (χ2v) is 8.24. The van der Waals surface area contributed by atoms with Gasteiger partial charge < -0.3 is 21.3 Å². The van der Waals surface area contributed by atoms with E-state index in [0.29, 0.717) is 35.6 Å². The third-order valence-electron chi connectivity index (χ3n) is 5.31. The first-order chi connectivity index (χ1) is 17.0. The molecule has 3 aromatic carbocycles. The van der Waals surface area contributed by atoms with Gasteiger partial charge in [-0.1, -0.05) is 62.2 Å². The lowest BCUT2D eigenvalue weighted by molar-refractivity contribution is -0.116. The van der Waals surface area contributed by atoms with Gasteiger partial charge in [-0.15, -0.1) is 0 Å². The molecule has 0 fully saturated rings. The van der Waals surface area contributed by atoms with Crippen molar-refractivity contribution >= 4 is 34.8 Å². The fraction of sp³-hybridized carbons (Fsp3) is 0.250. The molecule has 0 atom stereocenters. The summed E-state index contributed by atoms with van der Waals surface area (Å²) in [6.45, 7) is 2.57. The molecule has 7 heteroatoms. The SMILES string of the molecule is CCCCCC(=O)Nc1cccc(NC(=O)CNc2cccc(C(=O)NCc3ccccc3)c2)c1. The zero-order valence-corrected chi connectivity index (χ0v) is 20.0. The molecule has 3 rings (SSSR count). The predicted molar refractivity (Wildman–Crippen MR) is 140 cm³/mol. The summed E-state index contributed by atoms with van der Waals surface area (Å²) in [6.07, 6.45) is 3.43. The first-order valence-corrected chi connectivity index (χ1v) is 11.9. The molecule has 0 unspecified atom stereocenters. The van der Waals surface area contributed by atoms with Crippen molar-refractivity contribution in [2.45, 2.75) is 39.2 Å². The van der Waals surface area contributed by atoms with Crippen molar-refractivity contribution in [2.75, 3.05) is 22.5 Å². The molecular weight excluding hydrogens is 440 g/mol. The Labute approximate surface area is 206 Å². The number of carbonyl (C=O) groups excluding carboxylic acids is 3. The van der Waals surface area contributed by atoms with Crippen LogP contribution in [0.2, 0.25) is 0 Å². The number of nitrogens with one attached hydrogen (secondary N) is 4. The van der Waals surface area contributed by atoms with Gasteiger partial charge in [0.25, 0.3) is 5.91 Å². The van der Waals surface area contributed by atoms with Gasteiger partial charge in [0.05, 0.1) is 6.54 Å². The van der Waals surface area contributed by atoms with E-state index < -0.39 is 0 Å². The molecule has 3 amide bonds. The highest BCUT2D eigenvalue weighted by Gasteiger charge is 2.08. The van der Waals surface area contributed by atoms with Gasteiger partial charge in [-0.05, 0) is 48.4 Å². The summed E-state index contributed by atoms with van der Waals surface area (Å²) in [5.41, 5.74) is 3.44. The second-order valence-electron chi connectivity index (χ2n) is 8.24. The van der Waals surface area contributed by atoms with Crippen LogP contribution in [0.4, 0.5) is 17.1 Å². The van der Waals surface area contributed by atoms with Crippen LogP contribution < -0.4 is 21.3 Å². The van der Waals surface area contributed by atoms with Crippen LogP contribution in [0.5, 0.6) is 0 Å². The lowest BCUT2D eigenvalue weighted by Crippen LogP contribution is -2.24. The molecule has 0 heterocycles. The Hall–Kier alpha value is -4.13. The standard InChI is InChI=1S/C28H32N4O3/c1-2-3-5-16-26(33)31-24-14-9-15-25(18-24)32-27(34)20-29-23-13-8-12-22(17-23)28(35)30-19-21-10-6-4-7-11-21/h4,6-15,17-18,29H,2-3,5,16,19-20H2,1H3,(H,30,35)(H,31,33)(H,32,34). The van der Waals surface area contributed by atoms with Crippen molar-refractivity contribution in [3.05, 3.63) is 90.0 Å². The van der Waals surface area contributed by atoms with E-state index >= 15 is 0 Å². The monoisotopic (exact) mass is 472 g/mol. The molecule has 182 valence electrons. The van der Waals surface area contributed by atoms with Crippen LogP contribution in [0.15, 0.2) is 78.9 Å². The molecule has 0 aliphatic carbocycles. The minimum atomic E-state index is -0.240. The third kappa shape index (κ3) is 8.97. The van der Waals surface area contributed by atoms with E-state index in [1.54, 1.807) is 48.5 Å². The summed E-state index contributed by atoms with van der Waals surface area (Å²) in [5, 5.41) is 11.6. The largest absolute Gasteiger partial charge is 0.376 e. The number of hydrogen-bond acceptors (Lipinski definition) is 4. The highest BCUT2D eigenvalue weighted by molar-refractivity contribution is 5.97. The van der Waals surface area contributed by atoms with E-state index in [1.807, 2.05) is 30.3 Å². The first-order valence-electron chi connectivity index (χ1n) is 11.9. The van der Waals surface area contributed by atoms with Gasteiger partial charge in [-0.25, -0.2) is 0 Å². The maximum atomic E-state index is 12.5. The molecule has 3 aromatic rings. The zero-order valence-electron chi connectivity index (χ0n) is 20.0. The minimum absolute atomic E-state index is 0.0304. The van der Waals surface area contributed by atoms with Crippen LogP contribution >= 0.6 is 0 Å². The van der Waals surface area contributed by atoms with Gasteiger partial charge in [0, 0.05) is 35.6 Å². The Morgan fingerprint density at radius 1 is 0.714 bits per heavy atom. The molecule has 4 N–H and O–H groups in total. The highest BCUT2D eigenvalue weighted by atomic mass is 16.2. The lowest BCUT2D eigenvalue weighted by atomic mass is 10.1. The van der Waals surface area contributed by atoms with Crippen molar-refractivity contribution in [2.24, 2.45) is 0 Å². The summed E-state index contributed by atoms with van der Waals surface area (Å²) in [7, 11) is 0. The Morgan fingerprint density at radius 3 is 2.14 bits per heavy atom. The summed E-state index contributed by atoms with van der Waals surface area (Å²) >= 11 is 0. The topological polar surface area (TPSA) is 99.3 Å². The van der Waals surface area contributed by atoms with E-state index in [2.05, 4.69) is 28.2 Å². The number of amides is 3. The highest BCUT2D eigenvalue weighted by Crippen LogP contribution is 2.16. The molecule has 0 radical (unpaired) electrons. The molecule has 0 bridgehead atoms. The molecule has 0 aliphatic heterocycles. The molecule has 35 heavy (non-hydrogen) atoms. The van der Waals surface area contributed by atoms with E-state index in [-0.39, 0.29) is 24.3 Å². The first kappa shape index (κ1) is 25.5. The molecule has 7 nitrogen and oxygen atoms in total. The Kier molecular flexibility index (Phi) is 9.87. The smallest absolute Gasteiger partial charge is 0.251 e. The van der Waals surface area contributed by atoms with E-state index in [4.69, 9.17) is 0 Å². The summed E-state index contributed by atoms with van der Waals surface area (Å²) < 4.78 is 0. The fourth-order valence-electron chi connectivity index (χ4n) is 3.47. The molecule has 0 saturated heterocycles. The predicted octanol–water partition coefficient (Wildman–Crippen LogP) is 5.19. The lowest BCUT2D eigenvalue weighted by Gasteiger charge is -2.11. The van der Waals surface area contributed by atoms with E-state index in [9.17, 15) is 14.4 Å². The number of benzene rings is 3. The zero-order chi connectivity index (χ0) is 24.9. The van der Waals surface area contributed by atoms with Crippen LogP contribution in [0.25, 0.3) is 0 Å². The molecule has 0 saturated carbocycles. The van der Waals surface area contributed by atoms with Gasteiger partial charge in [0.1, 0.15) is 0 Å². The average Bonchev–Trinajstić information content (AvgIpc) is 2.87. The van der Waals surface area contributed by atoms with E-state index in [0.717, 1.165) is 24.8 Å². The normalized spacial score (nSPS) is 10.3. The molecule has 0 spiro atoms. The van der Waals surface area contributed by atoms with Gasteiger partial charge in [-0.3, -0.25) is 14.4 Å². The molecular formula is C28H32N4O3. The Balaban J connectivity index is 1.47. The number of carbonyl (C=O) groups is 3. The van der Waals surface area contributed by atoms with Gasteiger partial charge in [-0.2, -0.15) is 0 Å². The average molecular weight is 473 g/mol. The van der Waals surface area contributed by atoms with Crippen molar-refractivity contribution in [3.63, 3.8) is 0 Å². The number of unbranched alkanes of at least 4 members (excludes halogenated alkanes) is 2. The fourth-order valence-corrected chi connectivity index (χ4v) is 3.47. The molecule has 0 aliphatic rings. The summed E-state index contributed by atoms with van der Waals surface area (Å²) in [4.78, 5) is 36.9. The molecule has 0 aromatic heterocycles. The number of anilines is 3. The minimum Gasteiger partial charge on any atom is -0.376 e. The van der Waals surface area contributed by atoms with Crippen LogP contribution in [0, 0.1) is 0 Å². The Bertz CT molecular complexity index is 1130. The van der Waals surface area contributed by atoms with E-state index in [1.165, 1.54) is 0 Å². The summed E-state index contributed by atoms with van der Waals surface area (Å²) in [6, 6.07) is 23.8. The van der Waals surface area contributed by atoms with Gasteiger partial charge in [0.2, 0.25) is 11.8 Å². The quantitative estimate of drug-likeness (QED) is 0.273. The van der Waals surface area contributed by atoms with Crippen LogP contribution in [0.3, 0.4) is 0 Å². The number of rotatable bonds is 12. The van der Waals surface area contributed by atoms with Crippen molar-refractivity contribution in [3.8, 4) is 0 Å². The second kappa shape index (κ2) is 13.5. The van der Waals surface area contributed by atoms with Crippen LogP contribution in [0.1, 0.15) is 48.5 Å². The maximum absolute atomic E-state index is 12.5. The van der Waals surface area contributed by atoms with Crippen LogP contribution in [-0.2, 0) is 16.1 Å². The van der Waals surface area contributed by atoms with Crippen LogP contribution in [-0.4, -0.2) is 24.3 Å². The maximum Gasteiger partial charge on any atom is 0.251 e. The van der Waals surface area contributed by atoms with Gasteiger partial charge >= 0.3 is 0 Å².